The fourth-order valence-electron chi connectivity index (χ4n) is 1.34. The van der Waals surface area contributed by atoms with E-state index in [1.807, 2.05) is 0 Å². The van der Waals surface area contributed by atoms with Crippen LogP contribution in [-0.2, 0) is 14.8 Å². The number of hydrogen-bond acceptors (Lipinski definition) is 6. The predicted octanol–water partition coefficient (Wildman–Crippen LogP) is 0.546. The summed E-state index contributed by atoms with van der Waals surface area (Å²) in [6, 6.07) is 1.40. The zero-order chi connectivity index (χ0) is 16.0. The predicted molar refractivity (Wildman–Crippen MR) is 82.5 cm³/mol. The Morgan fingerprint density at radius 1 is 1.43 bits per heavy atom. The third-order valence-electron chi connectivity index (χ3n) is 2.35. The van der Waals surface area contributed by atoms with Gasteiger partial charge in [-0.25, -0.2) is 12.7 Å². The molecule has 21 heavy (non-hydrogen) atoms. The average Bonchev–Trinajstić information content (AvgIpc) is 2.87. The zero-order valence-electron chi connectivity index (χ0n) is 11.5. The van der Waals surface area contributed by atoms with Gasteiger partial charge >= 0.3 is 5.97 Å². The average molecular weight is 352 g/mol. The molecule has 0 fully saturated rings. The highest BCUT2D eigenvalue weighted by atomic mass is 32.2. The van der Waals surface area contributed by atoms with Crippen molar-refractivity contribution in [3.05, 3.63) is 16.3 Å². The van der Waals surface area contributed by atoms with Gasteiger partial charge in [0.15, 0.2) is 0 Å². The van der Waals surface area contributed by atoms with Crippen molar-refractivity contribution in [1.29, 1.82) is 0 Å². The smallest absolute Gasteiger partial charge is 0.313 e. The van der Waals surface area contributed by atoms with E-state index in [1.165, 1.54) is 31.9 Å². The highest BCUT2D eigenvalue weighted by molar-refractivity contribution is 7.99. The van der Waals surface area contributed by atoms with Crippen molar-refractivity contribution in [2.45, 2.75) is 4.90 Å². The Kier molecular flexibility index (Phi) is 6.65. The molecule has 0 saturated carbocycles. The Hall–Kier alpha value is -1.10. The van der Waals surface area contributed by atoms with Crippen LogP contribution in [0.3, 0.4) is 0 Å². The first-order valence-corrected chi connectivity index (χ1v) is 9.32. The van der Waals surface area contributed by atoms with E-state index in [0.717, 1.165) is 15.6 Å². The Morgan fingerprint density at radius 3 is 2.67 bits per heavy atom. The van der Waals surface area contributed by atoms with Crippen LogP contribution in [0.25, 0.3) is 0 Å². The molecule has 118 valence electrons. The molecular formula is C11H16N2O5S3. The molecular weight excluding hydrogens is 336 g/mol. The minimum absolute atomic E-state index is 0.0202. The molecule has 10 heteroatoms. The van der Waals surface area contributed by atoms with Crippen LogP contribution >= 0.6 is 23.1 Å². The second-order valence-electron chi connectivity index (χ2n) is 4.10. The molecule has 0 aliphatic carbocycles. The van der Waals surface area contributed by atoms with E-state index in [9.17, 15) is 18.0 Å². The third kappa shape index (κ3) is 4.99. The van der Waals surface area contributed by atoms with Gasteiger partial charge in [0.25, 0.3) is 5.91 Å². The molecule has 1 amide bonds. The molecule has 0 unspecified atom stereocenters. The molecule has 0 aliphatic heterocycles. The van der Waals surface area contributed by atoms with E-state index in [2.05, 4.69) is 5.32 Å². The normalized spacial score (nSPS) is 11.6. The van der Waals surface area contributed by atoms with Crippen LogP contribution in [0, 0.1) is 0 Å². The molecule has 0 radical (unpaired) electrons. The molecule has 1 aromatic rings. The Morgan fingerprint density at radius 2 is 2.10 bits per heavy atom. The monoisotopic (exact) mass is 352 g/mol. The minimum atomic E-state index is -3.66. The van der Waals surface area contributed by atoms with Crippen molar-refractivity contribution < 1.29 is 23.1 Å². The number of thioether (sulfide) groups is 1. The summed E-state index contributed by atoms with van der Waals surface area (Å²) >= 11 is 2.23. The Bertz CT molecular complexity index is 609. The molecule has 0 saturated heterocycles. The number of nitrogens with zero attached hydrogens (tertiary/aromatic N) is 1. The number of sulfonamides is 1. The van der Waals surface area contributed by atoms with Gasteiger partial charge in [-0.15, -0.1) is 23.1 Å². The second kappa shape index (κ2) is 7.78. The summed E-state index contributed by atoms with van der Waals surface area (Å²) in [5, 5.41) is 12.6. The van der Waals surface area contributed by atoms with Gasteiger partial charge in [-0.3, -0.25) is 9.59 Å². The lowest BCUT2D eigenvalue weighted by atomic mass is 10.4. The molecule has 1 rings (SSSR count). The maximum absolute atomic E-state index is 12.1. The number of nitrogens with one attached hydrogen (secondary N) is 1. The van der Waals surface area contributed by atoms with Gasteiger partial charge in [-0.05, 0) is 11.4 Å². The van der Waals surface area contributed by atoms with Crippen molar-refractivity contribution >= 4 is 45.0 Å². The van der Waals surface area contributed by atoms with Gasteiger partial charge in [0.1, 0.15) is 9.77 Å². The molecule has 0 aliphatic rings. The van der Waals surface area contributed by atoms with Crippen molar-refractivity contribution in [3.8, 4) is 0 Å². The Labute approximate surface area is 131 Å². The van der Waals surface area contributed by atoms with E-state index in [-0.39, 0.29) is 22.1 Å². The SMILES string of the molecule is CN(C)S(=O)(=O)c1ccsc1C(=O)NCCSCC(=O)O. The number of carbonyl (C=O) groups excluding carboxylic acids is 1. The van der Waals surface area contributed by atoms with Crippen LogP contribution in [-0.4, -0.2) is 61.9 Å². The third-order valence-corrected chi connectivity index (χ3v) is 6.20. The number of carboxylic acids is 1. The highest BCUT2D eigenvalue weighted by Gasteiger charge is 2.25. The maximum Gasteiger partial charge on any atom is 0.313 e. The molecule has 7 nitrogen and oxygen atoms in total. The van der Waals surface area contributed by atoms with Crippen molar-refractivity contribution in [2.75, 3.05) is 32.1 Å². The molecule has 0 bridgehead atoms. The fraction of sp³-hybridized carbons (Fsp3) is 0.455. The topological polar surface area (TPSA) is 104 Å². The van der Waals surface area contributed by atoms with Crippen LogP contribution in [0.4, 0.5) is 0 Å². The molecule has 1 heterocycles. The summed E-state index contributed by atoms with van der Waals surface area (Å²) in [6.45, 7) is 0.274. The summed E-state index contributed by atoms with van der Waals surface area (Å²) in [6.07, 6.45) is 0. The van der Waals surface area contributed by atoms with Crippen LogP contribution in [0.2, 0.25) is 0 Å². The molecule has 0 aromatic carbocycles. The standard InChI is InChI=1S/C11H16N2O5S3/c1-13(2)21(17,18)8-3-5-20-10(8)11(16)12-4-6-19-7-9(14)15/h3,5H,4,6-7H2,1-2H3,(H,12,16)(H,14,15). The van der Waals surface area contributed by atoms with Crippen LogP contribution < -0.4 is 5.32 Å². The number of amides is 1. The quantitative estimate of drug-likeness (QED) is 0.662. The van der Waals surface area contributed by atoms with Crippen LogP contribution in [0.1, 0.15) is 9.67 Å². The van der Waals surface area contributed by atoms with E-state index >= 15 is 0 Å². The summed E-state index contributed by atoms with van der Waals surface area (Å²) in [5.41, 5.74) is 0. The van der Waals surface area contributed by atoms with Crippen LogP contribution in [0.15, 0.2) is 16.3 Å². The van der Waals surface area contributed by atoms with Crippen LogP contribution in [0.5, 0.6) is 0 Å². The summed E-state index contributed by atoms with van der Waals surface area (Å²) in [5.74, 6) is -0.973. The first-order valence-electron chi connectivity index (χ1n) is 5.84. The number of carboxylic acid groups (broad SMARTS) is 1. The summed E-state index contributed by atoms with van der Waals surface area (Å²) in [4.78, 5) is 22.4. The van der Waals surface area contributed by atoms with Crippen molar-refractivity contribution in [1.82, 2.24) is 9.62 Å². The highest BCUT2D eigenvalue weighted by Crippen LogP contribution is 2.23. The summed E-state index contributed by atoms with van der Waals surface area (Å²) in [7, 11) is -0.856. The van der Waals surface area contributed by atoms with Crippen molar-refractivity contribution in [3.63, 3.8) is 0 Å². The van der Waals surface area contributed by atoms with Gasteiger partial charge in [0, 0.05) is 26.4 Å². The van der Waals surface area contributed by atoms with E-state index in [0.29, 0.717) is 5.75 Å². The zero-order valence-corrected chi connectivity index (χ0v) is 14.0. The van der Waals surface area contributed by atoms with E-state index in [4.69, 9.17) is 5.11 Å². The van der Waals surface area contributed by atoms with E-state index in [1.54, 1.807) is 5.38 Å². The van der Waals surface area contributed by atoms with Gasteiger partial charge in [0.2, 0.25) is 10.0 Å². The molecule has 0 spiro atoms. The molecule has 1 aromatic heterocycles. The van der Waals surface area contributed by atoms with Gasteiger partial charge in [0.05, 0.1) is 5.75 Å². The minimum Gasteiger partial charge on any atom is -0.481 e. The Balaban J connectivity index is 2.65. The lowest BCUT2D eigenvalue weighted by Gasteiger charge is -2.11. The number of aliphatic carboxylic acids is 1. The molecule has 2 N–H and O–H groups in total. The van der Waals surface area contributed by atoms with E-state index < -0.39 is 21.9 Å². The number of rotatable bonds is 8. The summed E-state index contributed by atoms with van der Waals surface area (Å²) < 4.78 is 25.2. The van der Waals surface area contributed by atoms with Gasteiger partial charge < -0.3 is 10.4 Å². The number of thiophene rings is 1. The van der Waals surface area contributed by atoms with Gasteiger partial charge in [-0.1, -0.05) is 0 Å². The number of carbonyl (C=O) groups is 2. The first kappa shape index (κ1) is 18.0. The number of hydrogen-bond donors (Lipinski definition) is 2. The molecule has 0 atom stereocenters. The second-order valence-corrected chi connectivity index (χ2v) is 8.25. The first-order chi connectivity index (χ1) is 9.76. The fourth-order valence-corrected chi connectivity index (χ4v) is 4.12. The lowest BCUT2D eigenvalue weighted by molar-refractivity contribution is -0.133. The van der Waals surface area contributed by atoms with Crippen molar-refractivity contribution in [2.24, 2.45) is 0 Å². The largest absolute Gasteiger partial charge is 0.481 e. The maximum atomic E-state index is 12.1. The van der Waals surface area contributed by atoms with Gasteiger partial charge in [-0.2, -0.15) is 0 Å². The lowest BCUT2D eigenvalue weighted by Crippen LogP contribution is -2.29.